The van der Waals surface area contributed by atoms with Crippen molar-refractivity contribution in [1.82, 2.24) is 0 Å². The van der Waals surface area contributed by atoms with Crippen LogP contribution in [0.4, 0.5) is 4.39 Å². The van der Waals surface area contributed by atoms with Gasteiger partial charge in [-0.3, -0.25) is 0 Å². The molecule has 0 heterocycles. The van der Waals surface area contributed by atoms with E-state index in [2.05, 4.69) is 0 Å². The summed E-state index contributed by atoms with van der Waals surface area (Å²) in [5.74, 6) is -0.535. The molecule has 0 saturated heterocycles. The molecule has 0 amide bonds. The fourth-order valence-electron chi connectivity index (χ4n) is 1.80. The van der Waals surface area contributed by atoms with Crippen molar-refractivity contribution in [1.29, 1.82) is 0 Å². The molecule has 2 N–H and O–H groups in total. The van der Waals surface area contributed by atoms with Gasteiger partial charge in [0.1, 0.15) is 5.82 Å². The van der Waals surface area contributed by atoms with Crippen molar-refractivity contribution >= 4 is 24.2 Å². The van der Waals surface area contributed by atoms with Crippen molar-refractivity contribution in [2.75, 3.05) is 0 Å². The Hall–Kier alpha value is -1.40. The zero-order valence-corrected chi connectivity index (χ0v) is 11.3. The van der Waals surface area contributed by atoms with Crippen molar-refractivity contribution in [2.45, 2.75) is 13.2 Å². The molecule has 2 aromatic rings. The van der Waals surface area contributed by atoms with Gasteiger partial charge in [0.25, 0.3) is 0 Å². The summed E-state index contributed by atoms with van der Waals surface area (Å²) in [5.41, 5.74) is 1.47. The number of ether oxygens (including phenoxy) is 1. The minimum Gasteiger partial charge on any atom is -0.423 e. The lowest BCUT2D eigenvalue weighted by atomic mass is 9.79. The van der Waals surface area contributed by atoms with Crippen LogP contribution in [-0.4, -0.2) is 17.2 Å². The number of hydrogen-bond acceptors (Lipinski definition) is 3. The molecule has 0 fully saturated rings. The molecule has 0 aliphatic heterocycles. The molecule has 0 bridgehead atoms. The van der Waals surface area contributed by atoms with E-state index in [4.69, 9.17) is 26.4 Å². The first-order valence-electron chi connectivity index (χ1n) is 6.03. The van der Waals surface area contributed by atoms with E-state index in [1.54, 1.807) is 6.07 Å². The summed E-state index contributed by atoms with van der Waals surface area (Å²) in [4.78, 5) is 0. The molecule has 0 saturated carbocycles. The van der Waals surface area contributed by atoms with E-state index < -0.39 is 12.9 Å². The average molecular weight is 295 g/mol. The smallest absolute Gasteiger partial charge is 0.423 e. The van der Waals surface area contributed by atoms with E-state index in [1.807, 2.05) is 18.2 Å². The zero-order valence-electron chi connectivity index (χ0n) is 10.6. The van der Waals surface area contributed by atoms with E-state index in [9.17, 15) is 4.39 Å². The molecular weight excluding hydrogens is 281 g/mol. The lowest BCUT2D eigenvalue weighted by Crippen LogP contribution is -2.30. The highest BCUT2D eigenvalue weighted by atomic mass is 35.5. The molecule has 0 spiro atoms. The van der Waals surface area contributed by atoms with Gasteiger partial charge in [-0.2, -0.15) is 0 Å². The second-order valence-electron chi connectivity index (χ2n) is 4.35. The predicted octanol–water partition coefficient (Wildman–Crippen LogP) is 1.88. The van der Waals surface area contributed by atoms with Gasteiger partial charge < -0.3 is 14.8 Å². The quantitative estimate of drug-likeness (QED) is 0.828. The maximum absolute atomic E-state index is 13.3. The van der Waals surface area contributed by atoms with Crippen molar-refractivity contribution in [2.24, 2.45) is 0 Å². The molecular formula is C14H13BClFO3. The number of hydrogen-bond donors (Lipinski definition) is 2. The van der Waals surface area contributed by atoms with Crippen LogP contribution in [0.2, 0.25) is 5.02 Å². The number of rotatable bonds is 5. The van der Waals surface area contributed by atoms with Crippen LogP contribution in [0.5, 0.6) is 0 Å². The first kappa shape index (κ1) is 15.0. The first-order valence-corrected chi connectivity index (χ1v) is 6.40. The summed E-state index contributed by atoms with van der Waals surface area (Å²) in [6, 6.07) is 11.1. The Morgan fingerprint density at radius 1 is 1.10 bits per heavy atom. The van der Waals surface area contributed by atoms with Gasteiger partial charge in [-0.15, -0.1) is 0 Å². The van der Waals surface area contributed by atoms with E-state index in [0.29, 0.717) is 17.2 Å². The molecule has 0 aliphatic carbocycles. The molecule has 0 atom stereocenters. The lowest BCUT2D eigenvalue weighted by Gasteiger charge is -2.08. The topological polar surface area (TPSA) is 49.7 Å². The Morgan fingerprint density at radius 2 is 1.85 bits per heavy atom. The van der Waals surface area contributed by atoms with Gasteiger partial charge in [-0.05, 0) is 34.8 Å². The standard InChI is InChI=1S/C14H13BClFO3/c16-14-4-2-1-3-11(14)9-20-8-10-5-12(15(18)19)7-13(17)6-10/h1-7,18-19H,8-9H2. The van der Waals surface area contributed by atoms with E-state index in [0.717, 1.165) is 11.6 Å². The Balaban J connectivity index is 1.99. The molecule has 20 heavy (non-hydrogen) atoms. The fourth-order valence-corrected chi connectivity index (χ4v) is 1.99. The van der Waals surface area contributed by atoms with E-state index in [-0.39, 0.29) is 12.1 Å². The first-order chi connectivity index (χ1) is 9.56. The van der Waals surface area contributed by atoms with Crippen LogP contribution in [0, 0.1) is 5.82 Å². The highest BCUT2D eigenvalue weighted by Crippen LogP contribution is 2.16. The van der Waals surface area contributed by atoms with Gasteiger partial charge in [0, 0.05) is 5.02 Å². The van der Waals surface area contributed by atoms with Crippen molar-refractivity contribution < 1.29 is 19.2 Å². The lowest BCUT2D eigenvalue weighted by molar-refractivity contribution is 0.107. The third kappa shape index (κ3) is 4.05. The number of benzene rings is 2. The molecule has 0 aliphatic rings. The Kier molecular flexibility index (Phi) is 5.14. The van der Waals surface area contributed by atoms with Gasteiger partial charge in [-0.25, -0.2) is 4.39 Å². The molecule has 0 radical (unpaired) electrons. The second-order valence-corrected chi connectivity index (χ2v) is 4.76. The fraction of sp³-hybridized carbons (Fsp3) is 0.143. The van der Waals surface area contributed by atoms with Crippen LogP contribution in [0.25, 0.3) is 0 Å². The molecule has 2 aromatic carbocycles. The normalized spacial score (nSPS) is 10.6. The van der Waals surface area contributed by atoms with Crippen molar-refractivity contribution in [3.63, 3.8) is 0 Å². The maximum atomic E-state index is 13.3. The summed E-state index contributed by atoms with van der Waals surface area (Å²) >= 11 is 5.99. The van der Waals surface area contributed by atoms with Crippen molar-refractivity contribution in [3.8, 4) is 0 Å². The third-order valence-corrected chi connectivity index (χ3v) is 3.13. The van der Waals surface area contributed by atoms with E-state index >= 15 is 0 Å². The van der Waals surface area contributed by atoms with Gasteiger partial charge in [-0.1, -0.05) is 35.9 Å². The van der Waals surface area contributed by atoms with Gasteiger partial charge in [0.2, 0.25) is 0 Å². The van der Waals surface area contributed by atoms with E-state index in [1.165, 1.54) is 12.1 Å². The minimum absolute atomic E-state index is 0.0985. The zero-order chi connectivity index (χ0) is 14.5. The van der Waals surface area contributed by atoms with Crippen LogP contribution in [0.15, 0.2) is 42.5 Å². The molecule has 0 unspecified atom stereocenters. The highest BCUT2D eigenvalue weighted by molar-refractivity contribution is 6.58. The van der Waals surface area contributed by atoms with Crippen molar-refractivity contribution in [3.05, 3.63) is 64.4 Å². The summed E-state index contributed by atoms with van der Waals surface area (Å²) < 4.78 is 18.8. The average Bonchev–Trinajstić information content (AvgIpc) is 2.40. The molecule has 2 rings (SSSR count). The Bertz CT molecular complexity index is 592. The maximum Gasteiger partial charge on any atom is 0.488 e. The van der Waals surface area contributed by atoms with Crippen LogP contribution in [0.1, 0.15) is 11.1 Å². The molecule has 3 nitrogen and oxygen atoms in total. The molecule has 6 heteroatoms. The van der Waals surface area contributed by atoms with Crippen LogP contribution < -0.4 is 5.46 Å². The Labute approximate surface area is 121 Å². The monoisotopic (exact) mass is 294 g/mol. The second kappa shape index (κ2) is 6.86. The van der Waals surface area contributed by atoms with Crippen LogP contribution in [-0.2, 0) is 18.0 Å². The summed E-state index contributed by atoms with van der Waals surface area (Å²) in [5, 5.41) is 18.7. The summed E-state index contributed by atoms with van der Waals surface area (Å²) in [7, 11) is -1.70. The van der Waals surface area contributed by atoms with Crippen LogP contribution >= 0.6 is 11.6 Å². The Morgan fingerprint density at radius 3 is 2.55 bits per heavy atom. The number of halogens is 2. The highest BCUT2D eigenvalue weighted by Gasteiger charge is 2.13. The van der Waals surface area contributed by atoms with Gasteiger partial charge >= 0.3 is 7.12 Å². The SMILES string of the molecule is OB(O)c1cc(F)cc(COCc2ccccc2Cl)c1. The minimum atomic E-state index is -1.70. The van der Waals surface area contributed by atoms with Gasteiger partial charge in [0.15, 0.2) is 0 Å². The summed E-state index contributed by atoms with van der Waals surface area (Å²) in [6.45, 7) is 0.454. The van der Waals surface area contributed by atoms with Gasteiger partial charge in [0.05, 0.1) is 13.2 Å². The summed E-state index contributed by atoms with van der Waals surface area (Å²) in [6.07, 6.45) is 0. The van der Waals surface area contributed by atoms with Crippen LogP contribution in [0.3, 0.4) is 0 Å². The largest absolute Gasteiger partial charge is 0.488 e. The predicted molar refractivity (Wildman–Crippen MR) is 76.2 cm³/mol. The molecule has 0 aromatic heterocycles. The molecule has 104 valence electrons. The third-order valence-electron chi connectivity index (χ3n) is 2.76.